The Labute approximate surface area is 133 Å². The first kappa shape index (κ1) is 15.9. The lowest BCUT2D eigenvalue weighted by molar-refractivity contribution is 0.787. The van der Waals surface area contributed by atoms with E-state index in [1.807, 2.05) is 19.2 Å². The van der Waals surface area contributed by atoms with Gasteiger partial charge in [-0.3, -0.25) is 10.1 Å². The number of rotatable bonds is 4. The van der Waals surface area contributed by atoms with Gasteiger partial charge in [0.05, 0.1) is 18.8 Å². The van der Waals surface area contributed by atoms with Crippen molar-refractivity contribution in [3.63, 3.8) is 0 Å². The third-order valence-electron chi connectivity index (χ3n) is 2.30. The molecule has 8 heteroatoms. The molecule has 0 saturated heterocycles. The van der Waals surface area contributed by atoms with Gasteiger partial charge in [-0.25, -0.2) is 4.98 Å². The zero-order valence-corrected chi connectivity index (χ0v) is 14.0. The van der Waals surface area contributed by atoms with Crippen LogP contribution in [-0.4, -0.2) is 28.2 Å². The third kappa shape index (κ3) is 5.15. The van der Waals surface area contributed by atoms with Crippen LogP contribution in [0.1, 0.15) is 15.6 Å². The van der Waals surface area contributed by atoms with E-state index >= 15 is 0 Å². The van der Waals surface area contributed by atoms with E-state index in [1.165, 1.54) is 4.88 Å². The van der Waals surface area contributed by atoms with Crippen molar-refractivity contribution in [2.24, 2.45) is 4.99 Å². The van der Waals surface area contributed by atoms with Crippen molar-refractivity contribution in [1.82, 2.24) is 25.8 Å². The number of hydrogen-bond acceptors (Lipinski definition) is 4. The van der Waals surface area contributed by atoms with Gasteiger partial charge in [0.2, 0.25) is 0 Å². The molecule has 2 aromatic heterocycles. The summed E-state index contributed by atoms with van der Waals surface area (Å²) in [5, 5.41) is 14.2. The van der Waals surface area contributed by atoms with Crippen LogP contribution in [-0.2, 0) is 13.1 Å². The number of aromatic amines is 1. The quantitative estimate of drug-likeness (QED) is 0.420. The molecule has 0 unspecified atom stereocenters. The minimum Gasteiger partial charge on any atom is -0.351 e. The highest BCUT2D eigenvalue weighted by molar-refractivity contribution is 14.0. The Balaban J connectivity index is 0.00000180. The van der Waals surface area contributed by atoms with E-state index in [9.17, 15) is 0 Å². The first-order valence-electron chi connectivity index (χ1n) is 5.62. The van der Waals surface area contributed by atoms with Gasteiger partial charge in [0.25, 0.3) is 0 Å². The second-order valence-electron chi connectivity index (χ2n) is 3.73. The highest BCUT2D eigenvalue weighted by Gasteiger charge is 2.01. The number of guanidine groups is 1. The molecule has 0 saturated carbocycles. The zero-order valence-electron chi connectivity index (χ0n) is 10.8. The van der Waals surface area contributed by atoms with Gasteiger partial charge in [0.1, 0.15) is 5.01 Å². The summed E-state index contributed by atoms with van der Waals surface area (Å²) in [5.41, 5.74) is 1.02. The first-order valence-corrected chi connectivity index (χ1v) is 6.43. The molecule has 0 spiro atoms. The fraction of sp³-hybridized carbons (Fsp3) is 0.364. The number of aliphatic imine (C=N–C) groups is 1. The van der Waals surface area contributed by atoms with Crippen LogP contribution < -0.4 is 10.6 Å². The second-order valence-corrected chi connectivity index (χ2v) is 5.05. The van der Waals surface area contributed by atoms with Crippen molar-refractivity contribution in [2.75, 3.05) is 7.05 Å². The number of H-pyrrole nitrogens is 1. The molecular weight excluding hydrogens is 375 g/mol. The molecule has 0 bridgehead atoms. The normalized spacial score (nSPS) is 10.9. The summed E-state index contributed by atoms with van der Waals surface area (Å²) < 4.78 is 0. The first-order chi connectivity index (χ1) is 8.78. The van der Waals surface area contributed by atoms with Crippen molar-refractivity contribution in [3.05, 3.63) is 34.0 Å². The van der Waals surface area contributed by atoms with Gasteiger partial charge >= 0.3 is 0 Å². The van der Waals surface area contributed by atoms with Gasteiger partial charge in [-0.15, -0.1) is 35.3 Å². The van der Waals surface area contributed by atoms with E-state index in [0.717, 1.165) is 16.7 Å². The van der Waals surface area contributed by atoms with Gasteiger partial charge < -0.3 is 10.6 Å². The Hall–Kier alpha value is -1.16. The van der Waals surface area contributed by atoms with Crippen LogP contribution in [0.25, 0.3) is 0 Å². The second kappa shape index (κ2) is 8.10. The van der Waals surface area contributed by atoms with Gasteiger partial charge in [-0.1, -0.05) is 0 Å². The molecule has 0 fully saturated rings. The molecule has 0 atom stereocenters. The van der Waals surface area contributed by atoms with Gasteiger partial charge in [0.15, 0.2) is 5.96 Å². The maximum atomic E-state index is 4.29. The van der Waals surface area contributed by atoms with Gasteiger partial charge in [-0.2, -0.15) is 5.10 Å². The molecule has 2 heterocycles. The lowest BCUT2D eigenvalue weighted by Crippen LogP contribution is -2.36. The van der Waals surface area contributed by atoms with E-state index < -0.39 is 0 Å². The van der Waals surface area contributed by atoms with Crippen LogP contribution in [0.5, 0.6) is 0 Å². The minimum absolute atomic E-state index is 0. The topological polar surface area (TPSA) is 78.0 Å². The Kier molecular flexibility index (Phi) is 6.78. The molecule has 0 amide bonds. The SMILES string of the molecule is CN=C(NCc1ccn[nH]1)NCc1ncc(C)s1.I. The summed E-state index contributed by atoms with van der Waals surface area (Å²) in [4.78, 5) is 9.65. The number of aromatic nitrogens is 3. The lowest BCUT2D eigenvalue weighted by Gasteiger charge is -2.09. The maximum absolute atomic E-state index is 4.29. The predicted molar refractivity (Wildman–Crippen MR) is 87.9 cm³/mol. The predicted octanol–water partition coefficient (Wildman–Crippen LogP) is 1.66. The van der Waals surface area contributed by atoms with E-state index in [-0.39, 0.29) is 24.0 Å². The van der Waals surface area contributed by atoms with Crippen molar-refractivity contribution < 1.29 is 0 Å². The Morgan fingerprint density at radius 3 is 2.79 bits per heavy atom. The molecule has 0 aliphatic rings. The van der Waals surface area contributed by atoms with Crippen LogP contribution in [0, 0.1) is 6.92 Å². The molecule has 0 aliphatic carbocycles. The number of halogens is 1. The van der Waals surface area contributed by atoms with Crippen LogP contribution >= 0.6 is 35.3 Å². The fourth-order valence-electron chi connectivity index (χ4n) is 1.43. The molecule has 3 N–H and O–H groups in total. The number of nitrogens with one attached hydrogen (secondary N) is 3. The van der Waals surface area contributed by atoms with Gasteiger partial charge in [-0.05, 0) is 13.0 Å². The van der Waals surface area contributed by atoms with Crippen molar-refractivity contribution in [1.29, 1.82) is 0 Å². The fourth-order valence-corrected chi connectivity index (χ4v) is 2.15. The van der Waals surface area contributed by atoms with Crippen molar-refractivity contribution in [2.45, 2.75) is 20.0 Å². The molecule has 19 heavy (non-hydrogen) atoms. The summed E-state index contributed by atoms with van der Waals surface area (Å²) in [5.74, 6) is 0.748. The highest BCUT2D eigenvalue weighted by atomic mass is 127. The number of aryl methyl sites for hydroxylation is 1. The van der Waals surface area contributed by atoms with Crippen molar-refractivity contribution >= 4 is 41.3 Å². The molecule has 2 rings (SSSR count). The third-order valence-corrected chi connectivity index (χ3v) is 3.22. The Morgan fingerprint density at radius 1 is 1.42 bits per heavy atom. The van der Waals surface area contributed by atoms with E-state index in [4.69, 9.17) is 0 Å². The Morgan fingerprint density at radius 2 is 2.21 bits per heavy atom. The zero-order chi connectivity index (χ0) is 12.8. The van der Waals surface area contributed by atoms with Gasteiger partial charge in [0, 0.05) is 24.3 Å². The molecule has 104 valence electrons. The summed E-state index contributed by atoms with van der Waals surface area (Å²) >= 11 is 1.68. The molecule has 0 aromatic carbocycles. The van der Waals surface area contributed by atoms with Crippen LogP contribution in [0.15, 0.2) is 23.5 Å². The van der Waals surface area contributed by atoms with Crippen LogP contribution in [0.3, 0.4) is 0 Å². The molecular formula is C11H17IN6S. The average molecular weight is 392 g/mol. The maximum Gasteiger partial charge on any atom is 0.191 e. The number of nitrogens with zero attached hydrogens (tertiary/aromatic N) is 3. The largest absolute Gasteiger partial charge is 0.351 e. The van der Waals surface area contributed by atoms with E-state index in [1.54, 1.807) is 24.6 Å². The standard InChI is InChI=1S/C11H16N6S.HI/c1-8-5-13-10(18-8)7-15-11(12-2)14-6-9-3-4-16-17-9;/h3-5H,6-7H2,1-2H3,(H,16,17)(H2,12,14,15);1H. The lowest BCUT2D eigenvalue weighted by atomic mass is 10.4. The smallest absolute Gasteiger partial charge is 0.191 e. The summed E-state index contributed by atoms with van der Waals surface area (Å²) in [6.07, 6.45) is 3.61. The van der Waals surface area contributed by atoms with Crippen LogP contribution in [0.2, 0.25) is 0 Å². The molecule has 2 aromatic rings. The minimum atomic E-state index is 0. The summed E-state index contributed by atoms with van der Waals surface area (Å²) in [6.45, 7) is 3.39. The summed E-state index contributed by atoms with van der Waals surface area (Å²) in [6, 6.07) is 1.92. The van der Waals surface area contributed by atoms with E-state index in [0.29, 0.717) is 13.1 Å². The van der Waals surface area contributed by atoms with E-state index in [2.05, 4.69) is 30.8 Å². The highest BCUT2D eigenvalue weighted by Crippen LogP contribution is 2.10. The number of hydrogen-bond donors (Lipinski definition) is 3. The number of thiazole rings is 1. The average Bonchev–Trinajstić information content (AvgIpc) is 3.01. The summed E-state index contributed by atoms with van der Waals surface area (Å²) in [7, 11) is 1.75. The van der Waals surface area contributed by atoms with Crippen LogP contribution in [0.4, 0.5) is 0 Å². The molecule has 0 radical (unpaired) electrons. The molecule has 0 aliphatic heterocycles. The van der Waals surface area contributed by atoms with Crippen molar-refractivity contribution in [3.8, 4) is 0 Å². The Bertz CT molecular complexity index is 507. The molecule has 6 nitrogen and oxygen atoms in total. The monoisotopic (exact) mass is 392 g/mol.